The van der Waals surface area contributed by atoms with Crippen molar-refractivity contribution in [2.45, 2.75) is 33.1 Å². The molecule has 0 aliphatic heterocycles. The van der Waals surface area contributed by atoms with Gasteiger partial charge in [0.15, 0.2) is 0 Å². The molecule has 0 aliphatic carbocycles. The minimum atomic E-state index is 0.728. The Balaban J connectivity index is 2.37. The molecular weight excluding hydrogens is 264 g/mol. The van der Waals surface area contributed by atoms with Crippen LogP contribution in [0.1, 0.15) is 32.5 Å². The largest absolute Gasteiger partial charge is 0.495 e. The number of ether oxygens (including phenoxy) is 1. The lowest BCUT2D eigenvalue weighted by Crippen LogP contribution is -2.06. The summed E-state index contributed by atoms with van der Waals surface area (Å²) in [6.07, 6.45) is 6.43. The first kappa shape index (κ1) is 15.2. The fourth-order valence-corrected chi connectivity index (χ4v) is 1.99. The second kappa shape index (κ2) is 7.57. The Morgan fingerprint density at radius 2 is 1.95 bits per heavy atom. The van der Waals surface area contributed by atoms with Crippen molar-refractivity contribution in [1.29, 1.82) is 0 Å². The Bertz CT molecular complexity index is 586. The molecule has 0 unspecified atom stereocenters. The fraction of sp³-hybridized carbons (Fsp3) is 0.438. The zero-order valence-corrected chi connectivity index (χ0v) is 12.9. The highest BCUT2D eigenvalue weighted by molar-refractivity contribution is 5.63. The SMILES string of the molecule is CCCNc1cc(-c2cncc(OC)c2)nc(CCC)n1. The normalized spacial score (nSPS) is 10.4. The molecule has 2 aromatic rings. The van der Waals surface area contributed by atoms with E-state index >= 15 is 0 Å². The molecule has 1 N–H and O–H groups in total. The Hall–Kier alpha value is -2.17. The second-order valence-electron chi connectivity index (χ2n) is 4.84. The van der Waals surface area contributed by atoms with Crippen LogP contribution in [0.4, 0.5) is 5.82 Å². The Morgan fingerprint density at radius 1 is 1.10 bits per heavy atom. The Kier molecular flexibility index (Phi) is 5.49. The molecule has 5 nitrogen and oxygen atoms in total. The van der Waals surface area contributed by atoms with Gasteiger partial charge < -0.3 is 10.1 Å². The zero-order chi connectivity index (χ0) is 15.1. The van der Waals surface area contributed by atoms with E-state index < -0.39 is 0 Å². The van der Waals surface area contributed by atoms with E-state index in [1.807, 2.05) is 12.1 Å². The predicted octanol–water partition coefficient (Wildman–Crippen LogP) is 3.32. The molecule has 0 fully saturated rings. The highest BCUT2D eigenvalue weighted by Gasteiger charge is 2.07. The van der Waals surface area contributed by atoms with Gasteiger partial charge in [0.25, 0.3) is 0 Å². The van der Waals surface area contributed by atoms with Gasteiger partial charge in [0, 0.05) is 30.8 Å². The molecule has 0 bridgehead atoms. The molecule has 112 valence electrons. The van der Waals surface area contributed by atoms with Gasteiger partial charge in [0.05, 0.1) is 19.0 Å². The van der Waals surface area contributed by atoms with E-state index in [4.69, 9.17) is 4.74 Å². The number of nitrogens with one attached hydrogen (secondary N) is 1. The number of hydrogen-bond acceptors (Lipinski definition) is 5. The van der Waals surface area contributed by atoms with Gasteiger partial charge in [0.2, 0.25) is 0 Å². The maximum absolute atomic E-state index is 5.23. The molecule has 0 amide bonds. The lowest BCUT2D eigenvalue weighted by Gasteiger charge is -2.10. The molecule has 0 saturated carbocycles. The number of methoxy groups -OCH3 is 1. The number of hydrogen-bond donors (Lipinski definition) is 1. The van der Waals surface area contributed by atoms with Crippen molar-refractivity contribution in [1.82, 2.24) is 15.0 Å². The summed E-state index contributed by atoms with van der Waals surface area (Å²) in [6, 6.07) is 3.90. The molecular formula is C16H22N4O. The van der Waals surface area contributed by atoms with Crippen LogP contribution in [-0.2, 0) is 6.42 Å². The van der Waals surface area contributed by atoms with E-state index in [-0.39, 0.29) is 0 Å². The minimum absolute atomic E-state index is 0.728. The summed E-state index contributed by atoms with van der Waals surface area (Å²) in [5.41, 5.74) is 1.81. The quantitative estimate of drug-likeness (QED) is 0.846. The van der Waals surface area contributed by atoms with E-state index in [0.717, 1.165) is 54.5 Å². The molecule has 0 atom stereocenters. The van der Waals surface area contributed by atoms with Gasteiger partial charge in [-0.15, -0.1) is 0 Å². The van der Waals surface area contributed by atoms with Crippen molar-refractivity contribution >= 4 is 5.82 Å². The number of nitrogens with zero attached hydrogens (tertiary/aromatic N) is 3. The van der Waals surface area contributed by atoms with E-state index in [1.165, 1.54) is 0 Å². The summed E-state index contributed by atoms with van der Waals surface area (Å²) in [5, 5.41) is 3.33. The van der Waals surface area contributed by atoms with Crippen LogP contribution < -0.4 is 10.1 Å². The summed E-state index contributed by atoms with van der Waals surface area (Å²) in [7, 11) is 1.64. The van der Waals surface area contributed by atoms with Gasteiger partial charge in [-0.2, -0.15) is 0 Å². The Morgan fingerprint density at radius 3 is 2.67 bits per heavy atom. The van der Waals surface area contributed by atoms with Gasteiger partial charge >= 0.3 is 0 Å². The van der Waals surface area contributed by atoms with Crippen LogP contribution in [0.5, 0.6) is 5.75 Å². The van der Waals surface area contributed by atoms with Crippen molar-refractivity contribution in [3.63, 3.8) is 0 Å². The Labute approximate surface area is 125 Å². The first-order valence-electron chi connectivity index (χ1n) is 7.38. The summed E-state index contributed by atoms with van der Waals surface area (Å²) in [5.74, 6) is 2.45. The molecule has 0 spiro atoms. The van der Waals surface area contributed by atoms with Crippen LogP contribution in [0.25, 0.3) is 11.3 Å². The zero-order valence-electron chi connectivity index (χ0n) is 12.9. The second-order valence-corrected chi connectivity index (χ2v) is 4.84. The van der Waals surface area contributed by atoms with Gasteiger partial charge in [-0.25, -0.2) is 9.97 Å². The third-order valence-electron chi connectivity index (χ3n) is 3.05. The topological polar surface area (TPSA) is 59.9 Å². The smallest absolute Gasteiger partial charge is 0.137 e. The monoisotopic (exact) mass is 286 g/mol. The number of anilines is 1. The van der Waals surface area contributed by atoms with E-state index in [2.05, 4.69) is 34.1 Å². The first-order valence-corrected chi connectivity index (χ1v) is 7.38. The summed E-state index contributed by atoms with van der Waals surface area (Å²) in [6.45, 7) is 5.16. The molecule has 21 heavy (non-hydrogen) atoms. The highest BCUT2D eigenvalue weighted by atomic mass is 16.5. The van der Waals surface area contributed by atoms with E-state index in [0.29, 0.717) is 0 Å². The van der Waals surface area contributed by atoms with Crippen molar-refractivity contribution < 1.29 is 4.74 Å². The van der Waals surface area contributed by atoms with Crippen LogP contribution >= 0.6 is 0 Å². The van der Waals surface area contributed by atoms with Gasteiger partial charge in [-0.3, -0.25) is 4.98 Å². The van der Waals surface area contributed by atoms with E-state index in [9.17, 15) is 0 Å². The number of aryl methyl sites for hydroxylation is 1. The van der Waals surface area contributed by atoms with Crippen molar-refractivity contribution in [3.8, 4) is 17.0 Å². The predicted molar refractivity (Wildman–Crippen MR) is 84.6 cm³/mol. The molecule has 2 rings (SSSR count). The molecule has 2 heterocycles. The number of rotatable bonds is 7. The highest BCUT2D eigenvalue weighted by Crippen LogP contribution is 2.23. The lowest BCUT2D eigenvalue weighted by molar-refractivity contribution is 0.413. The summed E-state index contributed by atoms with van der Waals surface area (Å²) < 4.78 is 5.23. The van der Waals surface area contributed by atoms with Crippen LogP contribution in [0.2, 0.25) is 0 Å². The first-order chi connectivity index (χ1) is 10.3. The van der Waals surface area contributed by atoms with Crippen LogP contribution in [-0.4, -0.2) is 28.6 Å². The van der Waals surface area contributed by atoms with Gasteiger partial charge in [0.1, 0.15) is 17.4 Å². The standard InChI is InChI=1S/C16H22N4O/c1-4-6-15-19-14(9-16(20-15)18-7-5-2)12-8-13(21-3)11-17-10-12/h8-11H,4-7H2,1-3H3,(H,18,19,20). The lowest BCUT2D eigenvalue weighted by atomic mass is 10.2. The summed E-state index contributed by atoms with van der Waals surface area (Å²) in [4.78, 5) is 13.4. The molecule has 5 heteroatoms. The average Bonchev–Trinajstić information content (AvgIpc) is 2.53. The average molecular weight is 286 g/mol. The van der Waals surface area contributed by atoms with Crippen LogP contribution in [0, 0.1) is 0 Å². The van der Waals surface area contributed by atoms with E-state index in [1.54, 1.807) is 19.5 Å². The molecule has 0 aliphatic rings. The summed E-state index contributed by atoms with van der Waals surface area (Å²) >= 11 is 0. The van der Waals surface area contributed by atoms with Crippen molar-refractivity contribution in [2.24, 2.45) is 0 Å². The van der Waals surface area contributed by atoms with Gasteiger partial charge in [-0.05, 0) is 18.9 Å². The minimum Gasteiger partial charge on any atom is -0.495 e. The fourth-order valence-electron chi connectivity index (χ4n) is 1.99. The maximum Gasteiger partial charge on any atom is 0.137 e. The molecule has 0 radical (unpaired) electrons. The van der Waals surface area contributed by atoms with Crippen molar-refractivity contribution in [3.05, 3.63) is 30.4 Å². The number of pyridine rings is 1. The third kappa shape index (κ3) is 4.15. The van der Waals surface area contributed by atoms with Crippen LogP contribution in [0.3, 0.4) is 0 Å². The van der Waals surface area contributed by atoms with Crippen molar-refractivity contribution in [2.75, 3.05) is 19.0 Å². The maximum atomic E-state index is 5.23. The van der Waals surface area contributed by atoms with Crippen LogP contribution in [0.15, 0.2) is 24.5 Å². The number of aromatic nitrogens is 3. The molecule has 0 saturated heterocycles. The van der Waals surface area contributed by atoms with Gasteiger partial charge in [-0.1, -0.05) is 13.8 Å². The molecule has 0 aromatic carbocycles. The third-order valence-corrected chi connectivity index (χ3v) is 3.05. The molecule has 2 aromatic heterocycles.